The van der Waals surface area contributed by atoms with Gasteiger partial charge in [-0.25, -0.2) is 4.98 Å². The monoisotopic (exact) mass is 320 g/mol. The molecule has 5 nitrogen and oxygen atoms in total. The molecule has 1 saturated heterocycles. The molecule has 1 atom stereocenters. The number of nitrogens with one attached hydrogen (secondary N) is 1. The second-order valence-electron chi connectivity index (χ2n) is 5.96. The van der Waals surface area contributed by atoms with Crippen molar-refractivity contribution in [2.24, 2.45) is 7.05 Å². The Morgan fingerprint density at radius 3 is 2.91 bits per heavy atom. The maximum atomic E-state index is 5.44. The zero-order valence-electron chi connectivity index (χ0n) is 13.5. The van der Waals surface area contributed by atoms with Gasteiger partial charge < -0.3 is 10.1 Å². The minimum Gasteiger partial charge on any atom is -0.381 e. The van der Waals surface area contributed by atoms with Gasteiger partial charge in [0, 0.05) is 44.1 Å². The van der Waals surface area contributed by atoms with Crippen molar-refractivity contribution in [3.8, 4) is 0 Å². The average Bonchev–Trinajstić information content (AvgIpc) is 3.12. The van der Waals surface area contributed by atoms with Crippen molar-refractivity contribution in [2.45, 2.75) is 45.2 Å². The summed E-state index contributed by atoms with van der Waals surface area (Å²) in [7, 11) is 2.03. The number of hydrogen-bond donors (Lipinski definition) is 1. The largest absolute Gasteiger partial charge is 0.381 e. The lowest BCUT2D eigenvalue weighted by Gasteiger charge is -2.19. The van der Waals surface area contributed by atoms with Crippen molar-refractivity contribution in [1.82, 2.24) is 20.1 Å². The summed E-state index contributed by atoms with van der Waals surface area (Å²) in [6.45, 7) is 6.73. The van der Waals surface area contributed by atoms with Gasteiger partial charge in [0.15, 0.2) is 0 Å². The topological polar surface area (TPSA) is 52.0 Å². The number of aromatic nitrogens is 3. The molecule has 0 spiro atoms. The number of aryl methyl sites for hydroxylation is 2. The van der Waals surface area contributed by atoms with Crippen molar-refractivity contribution in [2.75, 3.05) is 13.2 Å². The van der Waals surface area contributed by atoms with Crippen LogP contribution in [0.25, 0.3) is 0 Å². The number of rotatable bonds is 5. The lowest BCUT2D eigenvalue weighted by atomic mass is 9.96. The fraction of sp³-hybridized carbons (Fsp3) is 0.625. The normalized spacial score (nSPS) is 17.8. The zero-order chi connectivity index (χ0) is 15.5. The van der Waals surface area contributed by atoms with E-state index in [2.05, 4.69) is 28.7 Å². The van der Waals surface area contributed by atoms with Crippen molar-refractivity contribution < 1.29 is 4.74 Å². The molecule has 22 heavy (non-hydrogen) atoms. The van der Waals surface area contributed by atoms with Gasteiger partial charge in [0.25, 0.3) is 0 Å². The molecule has 1 aliphatic rings. The van der Waals surface area contributed by atoms with E-state index in [1.165, 1.54) is 11.4 Å². The molecule has 0 amide bonds. The fourth-order valence-corrected chi connectivity index (χ4v) is 3.57. The van der Waals surface area contributed by atoms with E-state index in [1.807, 2.05) is 18.7 Å². The van der Waals surface area contributed by atoms with E-state index < -0.39 is 0 Å². The summed E-state index contributed by atoms with van der Waals surface area (Å²) < 4.78 is 7.45. The molecule has 3 heterocycles. The predicted octanol–water partition coefficient (Wildman–Crippen LogP) is 2.93. The first-order valence-electron chi connectivity index (χ1n) is 7.89. The summed E-state index contributed by atoms with van der Waals surface area (Å²) >= 11 is 1.70. The van der Waals surface area contributed by atoms with E-state index in [1.54, 1.807) is 11.3 Å². The first-order chi connectivity index (χ1) is 10.6. The third-order valence-corrected chi connectivity index (χ3v) is 5.10. The predicted molar refractivity (Wildman–Crippen MR) is 88.1 cm³/mol. The van der Waals surface area contributed by atoms with Crippen molar-refractivity contribution in [3.05, 3.63) is 33.5 Å². The highest BCUT2D eigenvalue weighted by Gasteiger charge is 2.21. The molecule has 3 rings (SSSR count). The Kier molecular flexibility index (Phi) is 4.90. The Hall–Kier alpha value is -1.24. The number of ether oxygens (including phenoxy) is 1. The van der Waals surface area contributed by atoms with Gasteiger partial charge in [-0.15, -0.1) is 11.3 Å². The van der Waals surface area contributed by atoms with Gasteiger partial charge in [-0.3, -0.25) is 4.68 Å². The van der Waals surface area contributed by atoms with Crippen molar-refractivity contribution in [1.29, 1.82) is 0 Å². The highest BCUT2D eigenvalue weighted by molar-refractivity contribution is 7.09. The average molecular weight is 320 g/mol. The maximum Gasteiger partial charge on any atom is 0.0897 e. The molecule has 2 aromatic rings. The van der Waals surface area contributed by atoms with Crippen LogP contribution < -0.4 is 5.32 Å². The van der Waals surface area contributed by atoms with E-state index in [4.69, 9.17) is 9.84 Å². The number of nitrogens with zero attached hydrogens (tertiary/aromatic N) is 3. The molecule has 0 radical (unpaired) electrons. The van der Waals surface area contributed by atoms with Crippen LogP contribution >= 0.6 is 11.3 Å². The SMILES string of the molecule is Cc1nc(CNC(C)c2cc(C3CCOCC3)nn2C)cs1. The van der Waals surface area contributed by atoms with E-state index in [-0.39, 0.29) is 6.04 Å². The summed E-state index contributed by atoms with van der Waals surface area (Å²) in [5, 5.41) is 11.5. The van der Waals surface area contributed by atoms with Gasteiger partial charge in [0.05, 0.1) is 22.1 Å². The van der Waals surface area contributed by atoms with E-state index >= 15 is 0 Å². The molecule has 1 unspecified atom stereocenters. The third-order valence-electron chi connectivity index (χ3n) is 4.27. The second-order valence-corrected chi connectivity index (χ2v) is 7.03. The summed E-state index contributed by atoms with van der Waals surface area (Å²) in [5.74, 6) is 0.544. The minimum absolute atomic E-state index is 0.257. The Bertz CT molecular complexity index is 615. The van der Waals surface area contributed by atoms with Crippen molar-refractivity contribution >= 4 is 11.3 Å². The molecule has 0 bridgehead atoms. The van der Waals surface area contributed by atoms with Crippen molar-refractivity contribution in [3.63, 3.8) is 0 Å². The van der Waals surface area contributed by atoms with Crippen LogP contribution in [-0.4, -0.2) is 28.0 Å². The molecular weight excluding hydrogens is 296 g/mol. The maximum absolute atomic E-state index is 5.44. The molecule has 120 valence electrons. The Morgan fingerprint density at radius 1 is 1.45 bits per heavy atom. The summed E-state index contributed by atoms with van der Waals surface area (Å²) in [6, 6.07) is 2.51. The van der Waals surface area contributed by atoms with Crippen LogP contribution in [0, 0.1) is 6.92 Å². The summed E-state index contributed by atoms with van der Waals surface area (Å²) in [6.07, 6.45) is 2.16. The molecule has 0 aliphatic carbocycles. The smallest absolute Gasteiger partial charge is 0.0897 e. The Morgan fingerprint density at radius 2 is 2.23 bits per heavy atom. The number of thiazole rings is 1. The van der Waals surface area contributed by atoms with Gasteiger partial charge >= 0.3 is 0 Å². The van der Waals surface area contributed by atoms with E-state index in [9.17, 15) is 0 Å². The van der Waals surface area contributed by atoms with Crippen LogP contribution in [0.2, 0.25) is 0 Å². The highest BCUT2D eigenvalue weighted by Crippen LogP contribution is 2.27. The molecular formula is C16H24N4OS. The fourth-order valence-electron chi connectivity index (χ4n) is 2.95. The molecule has 1 aliphatic heterocycles. The standard InChI is InChI=1S/C16H24N4OS/c1-11(17-9-14-10-22-12(2)18-14)16-8-15(19-20(16)3)13-4-6-21-7-5-13/h8,10-11,13,17H,4-7,9H2,1-3H3. The molecule has 2 aromatic heterocycles. The van der Waals surface area contributed by atoms with Crippen LogP contribution in [0.1, 0.15) is 53.8 Å². The first kappa shape index (κ1) is 15.6. The molecule has 6 heteroatoms. The lowest BCUT2D eigenvalue weighted by molar-refractivity contribution is 0.0844. The molecule has 0 aromatic carbocycles. The van der Waals surface area contributed by atoms with Gasteiger partial charge in [-0.2, -0.15) is 5.10 Å². The lowest BCUT2D eigenvalue weighted by Crippen LogP contribution is -2.20. The Labute approximate surface area is 135 Å². The van der Waals surface area contributed by atoms with E-state index in [0.29, 0.717) is 5.92 Å². The number of hydrogen-bond acceptors (Lipinski definition) is 5. The van der Waals surface area contributed by atoms with Gasteiger partial charge in [0.1, 0.15) is 0 Å². The zero-order valence-corrected chi connectivity index (χ0v) is 14.3. The van der Waals surface area contributed by atoms with E-state index in [0.717, 1.165) is 43.3 Å². The quantitative estimate of drug-likeness (QED) is 0.920. The van der Waals surface area contributed by atoms with Crippen LogP contribution in [0.5, 0.6) is 0 Å². The minimum atomic E-state index is 0.257. The van der Waals surface area contributed by atoms with Crippen LogP contribution in [-0.2, 0) is 18.3 Å². The Balaban J connectivity index is 1.64. The van der Waals surface area contributed by atoms with Gasteiger partial charge in [-0.05, 0) is 32.8 Å². The highest BCUT2D eigenvalue weighted by atomic mass is 32.1. The summed E-state index contributed by atoms with van der Waals surface area (Å²) in [4.78, 5) is 4.50. The molecule has 1 N–H and O–H groups in total. The van der Waals surface area contributed by atoms with Crippen LogP contribution in [0.4, 0.5) is 0 Å². The molecule has 0 saturated carbocycles. The van der Waals surface area contributed by atoms with Crippen LogP contribution in [0.15, 0.2) is 11.4 Å². The van der Waals surface area contributed by atoms with Gasteiger partial charge in [0.2, 0.25) is 0 Å². The van der Waals surface area contributed by atoms with Crippen LogP contribution in [0.3, 0.4) is 0 Å². The summed E-state index contributed by atoms with van der Waals surface area (Å²) in [5.41, 5.74) is 3.55. The molecule has 1 fully saturated rings. The second kappa shape index (κ2) is 6.89. The third kappa shape index (κ3) is 3.56. The first-order valence-corrected chi connectivity index (χ1v) is 8.77. The van der Waals surface area contributed by atoms with Gasteiger partial charge in [-0.1, -0.05) is 0 Å².